The molecule has 1 rings (SSSR count). The van der Waals surface area contributed by atoms with Crippen LogP contribution in [0.3, 0.4) is 0 Å². The molecule has 1 atom stereocenters. The molecule has 0 bridgehead atoms. The largest absolute Gasteiger partial charge is 0.316 e. The first-order valence-electron chi connectivity index (χ1n) is 4.74. The Kier molecular flexibility index (Phi) is 4.82. The van der Waals surface area contributed by atoms with Crippen molar-refractivity contribution in [2.45, 2.75) is 19.8 Å². The van der Waals surface area contributed by atoms with Crippen molar-refractivity contribution in [2.75, 3.05) is 26.2 Å². The van der Waals surface area contributed by atoms with Crippen LogP contribution < -0.4 is 10.6 Å². The summed E-state index contributed by atoms with van der Waals surface area (Å²) < 4.78 is 0. The Morgan fingerprint density at radius 1 is 1.58 bits per heavy atom. The minimum Gasteiger partial charge on any atom is -0.316 e. The van der Waals surface area contributed by atoms with E-state index >= 15 is 0 Å². The molecule has 1 fully saturated rings. The predicted octanol–water partition coefficient (Wildman–Crippen LogP) is 0.599. The van der Waals surface area contributed by atoms with E-state index < -0.39 is 0 Å². The molecule has 1 unspecified atom stereocenters. The third-order valence-corrected chi connectivity index (χ3v) is 2.22. The first-order valence-corrected chi connectivity index (χ1v) is 4.74. The van der Waals surface area contributed by atoms with Crippen molar-refractivity contribution in [1.82, 2.24) is 10.6 Å². The van der Waals surface area contributed by atoms with Crippen LogP contribution in [0.4, 0.5) is 0 Å². The van der Waals surface area contributed by atoms with Gasteiger partial charge >= 0.3 is 0 Å². The van der Waals surface area contributed by atoms with E-state index in [1.165, 1.54) is 25.9 Å². The van der Waals surface area contributed by atoms with Crippen molar-refractivity contribution >= 4 is 0 Å². The SMILES string of the molecule is CC#CCNCC1CCCNC1. The second-order valence-electron chi connectivity index (χ2n) is 3.27. The fraction of sp³-hybridized carbons (Fsp3) is 0.800. The summed E-state index contributed by atoms with van der Waals surface area (Å²) in [7, 11) is 0. The second-order valence-corrected chi connectivity index (χ2v) is 3.27. The Morgan fingerprint density at radius 3 is 3.17 bits per heavy atom. The second kappa shape index (κ2) is 6.05. The van der Waals surface area contributed by atoms with E-state index in [4.69, 9.17) is 0 Å². The van der Waals surface area contributed by atoms with Crippen LogP contribution in [0.2, 0.25) is 0 Å². The van der Waals surface area contributed by atoms with Crippen molar-refractivity contribution < 1.29 is 0 Å². The highest BCUT2D eigenvalue weighted by Gasteiger charge is 2.11. The summed E-state index contributed by atoms with van der Waals surface area (Å²) in [5.74, 6) is 6.70. The highest BCUT2D eigenvalue weighted by atomic mass is 14.9. The highest BCUT2D eigenvalue weighted by Crippen LogP contribution is 2.07. The minimum absolute atomic E-state index is 0.817. The van der Waals surface area contributed by atoms with Crippen LogP contribution in [0, 0.1) is 17.8 Å². The Hall–Kier alpha value is -0.520. The normalized spacial score (nSPS) is 22.9. The number of hydrogen-bond donors (Lipinski definition) is 2. The molecule has 1 aliphatic heterocycles. The van der Waals surface area contributed by atoms with Gasteiger partial charge in [0.25, 0.3) is 0 Å². The van der Waals surface area contributed by atoms with Crippen LogP contribution >= 0.6 is 0 Å². The predicted molar refractivity (Wildman–Crippen MR) is 51.9 cm³/mol. The number of piperidine rings is 1. The van der Waals surface area contributed by atoms with Gasteiger partial charge in [-0.1, -0.05) is 5.92 Å². The van der Waals surface area contributed by atoms with Crippen molar-refractivity contribution in [3.8, 4) is 11.8 Å². The molecule has 1 aliphatic rings. The standard InChI is InChI=1S/C10H18N2/c1-2-3-6-11-8-10-5-4-7-12-9-10/h10-12H,4-9H2,1H3. The summed E-state index contributed by atoms with van der Waals surface area (Å²) in [5.41, 5.74) is 0. The van der Waals surface area contributed by atoms with E-state index in [9.17, 15) is 0 Å². The molecule has 0 amide bonds. The summed E-state index contributed by atoms with van der Waals surface area (Å²) in [4.78, 5) is 0. The van der Waals surface area contributed by atoms with Crippen LogP contribution in [-0.2, 0) is 0 Å². The monoisotopic (exact) mass is 166 g/mol. The molecule has 0 aromatic rings. The number of hydrogen-bond acceptors (Lipinski definition) is 2. The molecule has 0 aliphatic carbocycles. The maximum atomic E-state index is 3.40. The highest BCUT2D eigenvalue weighted by molar-refractivity contribution is 4.97. The maximum Gasteiger partial charge on any atom is 0.0576 e. The number of nitrogens with one attached hydrogen (secondary N) is 2. The van der Waals surface area contributed by atoms with Gasteiger partial charge in [-0.25, -0.2) is 0 Å². The summed E-state index contributed by atoms with van der Waals surface area (Å²) in [6.45, 7) is 6.20. The number of rotatable bonds is 3. The molecule has 2 nitrogen and oxygen atoms in total. The molecule has 2 heteroatoms. The van der Waals surface area contributed by atoms with Gasteiger partial charge in [0.05, 0.1) is 6.54 Å². The quantitative estimate of drug-likeness (QED) is 0.474. The van der Waals surface area contributed by atoms with Gasteiger partial charge in [-0.15, -0.1) is 5.92 Å². The molecule has 0 aromatic carbocycles. The van der Waals surface area contributed by atoms with Crippen LogP contribution in [0.25, 0.3) is 0 Å². The minimum atomic E-state index is 0.817. The fourth-order valence-corrected chi connectivity index (χ4v) is 1.53. The van der Waals surface area contributed by atoms with E-state index in [-0.39, 0.29) is 0 Å². The lowest BCUT2D eigenvalue weighted by molar-refractivity contribution is 0.365. The molecule has 0 radical (unpaired) electrons. The summed E-state index contributed by atoms with van der Waals surface area (Å²) >= 11 is 0. The van der Waals surface area contributed by atoms with Gasteiger partial charge in [0.1, 0.15) is 0 Å². The molecule has 0 saturated carbocycles. The zero-order valence-corrected chi connectivity index (χ0v) is 7.82. The first kappa shape index (κ1) is 9.57. The molecule has 2 N–H and O–H groups in total. The van der Waals surface area contributed by atoms with E-state index in [1.807, 2.05) is 6.92 Å². The van der Waals surface area contributed by atoms with Crippen LogP contribution in [0.1, 0.15) is 19.8 Å². The Balaban J connectivity index is 2.00. The maximum absolute atomic E-state index is 3.40. The van der Waals surface area contributed by atoms with Crippen molar-refractivity contribution in [3.63, 3.8) is 0 Å². The molecule has 0 aromatic heterocycles. The van der Waals surface area contributed by atoms with Gasteiger partial charge in [0.15, 0.2) is 0 Å². The summed E-state index contributed by atoms with van der Waals surface area (Å²) in [5, 5.41) is 6.74. The van der Waals surface area contributed by atoms with Gasteiger partial charge in [-0.2, -0.15) is 0 Å². The fourth-order valence-electron chi connectivity index (χ4n) is 1.53. The first-order chi connectivity index (χ1) is 5.93. The lowest BCUT2D eigenvalue weighted by atomic mass is 10.00. The Bertz CT molecular complexity index is 160. The van der Waals surface area contributed by atoms with Crippen molar-refractivity contribution in [1.29, 1.82) is 0 Å². The average Bonchev–Trinajstić information content (AvgIpc) is 2.14. The summed E-state index contributed by atoms with van der Waals surface area (Å²) in [6, 6.07) is 0. The molecule has 12 heavy (non-hydrogen) atoms. The Labute approximate surface area is 75.1 Å². The third kappa shape index (κ3) is 3.75. The Morgan fingerprint density at radius 2 is 2.50 bits per heavy atom. The topological polar surface area (TPSA) is 24.1 Å². The molecule has 68 valence electrons. The van der Waals surface area contributed by atoms with Gasteiger partial charge in [-0.05, 0) is 38.8 Å². The summed E-state index contributed by atoms with van der Waals surface area (Å²) in [6.07, 6.45) is 2.69. The van der Waals surface area contributed by atoms with Crippen LogP contribution in [0.5, 0.6) is 0 Å². The van der Waals surface area contributed by atoms with Crippen molar-refractivity contribution in [2.24, 2.45) is 5.92 Å². The third-order valence-electron chi connectivity index (χ3n) is 2.22. The molecular weight excluding hydrogens is 148 g/mol. The van der Waals surface area contributed by atoms with Gasteiger partial charge in [0, 0.05) is 6.54 Å². The lowest BCUT2D eigenvalue weighted by Crippen LogP contribution is -2.36. The zero-order chi connectivity index (χ0) is 8.65. The zero-order valence-electron chi connectivity index (χ0n) is 7.82. The van der Waals surface area contributed by atoms with E-state index in [2.05, 4.69) is 22.5 Å². The van der Waals surface area contributed by atoms with Gasteiger partial charge in [-0.3, -0.25) is 0 Å². The smallest absolute Gasteiger partial charge is 0.0576 e. The van der Waals surface area contributed by atoms with E-state index in [0.29, 0.717) is 0 Å². The molecule has 1 saturated heterocycles. The molecule has 1 heterocycles. The van der Waals surface area contributed by atoms with E-state index in [0.717, 1.165) is 19.0 Å². The van der Waals surface area contributed by atoms with Gasteiger partial charge < -0.3 is 10.6 Å². The molecular formula is C10H18N2. The van der Waals surface area contributed by atoms with Crippen LogP contribution in [0.15, 0.2) is 0 Å². The van der Waals surface area contributed by atoms with Crippen molar-refractivity contribution in [3.05, 3.63) is 0 Å². The molecule has 0 spiro atoms. The van der Waals surface area contributed by atoms with Gasteiger partial charge in [0.2, 0.25) is 0 Å². The van der Waals surface area contributed by atoms with Crippen LogP contribution in [-0.4, -0.2) is 26.2 Å². The van der Waals surface area contributed by atoms with E-state index in [1.54, 1.807) is 0 Å². The lowest BCUT2D eigenvalue weighted by Gasteiger charge is -2.22. The average molecular weight is 166 g/mol.